The highest BCUT2D eigenvalue weighted by molar-refractivity contribution is 5.93. The summed E-state index contributed by atoms with van der Waals surface area (Å²) in [5.74, 6) is -0.797. The van der Waals surface area contributed by atoms with Crippen LogP contribution in [0.25, 0.3) is 0 Å². The van der Waals surface area contributed by atoms with Gasteiger partial charge in [-0.3, -0.25) is 14.4 Å². The first kappa shape index (κ1) is 24.0. The van der Waals surface area contributed by atoms with Crippen molar-refractivity contribution in [2.24, 2.45) is 5.92 Å². The second kappa shape index (κ2) is 9.61. The molecule has 0 radical (unpaired) electrons. The van der Waals surface area contributed by atoms with Crippen molar-refractivity contribution in [3.8, 4) is 0 Å². The van der Waals surface area contributed by atoms with E-state index in [0.29, 0.717) is 19.4 Å². The Kier molecular flexibility index (Phi) is 6.79. The maximum absolute atomic E-state index is 12.9. The molecule has 1 aromatic rings. The molecule has 0 spiro atoms. The van der Waals surface area contributed by atoms with Crippen molar-refractivity contribution >= 4 is 23.8 Å². The van der Waals surface area contributed by atoms with Crippen LogP contribution in [-0.2, 0) is 25.8 Å². The summed E-state index contributed by atoms with van der Waals surface area (Å²) in [6, 6.07) is 8.55. The Labute approximate surface area is 199 Å². The number of hydrogen-bond donors (Lipinski definition) is 1. The maximum atomic E-state index is 12.9. The van der Waals surface area contributed by atoms with Crippen LogP contribution in [0.4, 0.5) is 9.59 Å². The molecule has 1 aromatic carbocycles. The Bertz CT molecular complexity index is 941. The van der Waals surface area contributed by atoms with Gasteiger partial charge in [-0.25, -0.2) is 9.59 Å². The van der Waals surface area contributed by atoms with Crippen molar-refractivity contribution < 1.29 is 28.8 Å². The third-order valence-electron chi connectivity index (χ3n) is 6.26. The van der Waals surface area contributed by atoms with Gasteiger partial charge in [0.25, 0.3) is 0 Å². The predicted octanol–water partition coefficient (Wildman–Crippen LogP) is 1.94. The number of benzene rings is 1. The number of hydrogen-bond acceptors (Lipinski definition) is 6. The SMILES string of the molecule is CC(C)(C)OC(=O)N1CC(C(=O)CNC(=O)[C@@H]2CC[C@@H]3CN2C(=O)N3OCc2ccccc2)C1. The first-order valence-corrected chi connectivity index (χ1v) is 11.7. The van der Waals surface area contributed by atoms with E-state index in [4.69, 9.17) is 9.57 Å². The van der Waals surface area contributed by atoms with E-state index < -0.39 is 17.7 Å². The summed E-state index contributed by atoms with van der Waals surface area (Å²) in [7, 11) is 0. The number of carbonyl (C=O) groups excluding carboxylic acids is 4. The summed E-state index contributed by atoms with van der Waals surface area (Å²) < 4.78 is 5.29. The van der Waals surface area contributed by atoms with Crippen LogP contribution in [0.1, 0.15) is 39.2 Å². The lowest BCUT2D eigenvalue weighted by Crippen LogP contribution is -2.56. The smallest absolute Gasteiger partial charge is 0.410 e. The lowest BCUT2D eigenvalue weighted by Gasteiger charge is -2.39. The van der Waals surface area contributed by atoms with Gasteiger partial charge in [-0.05, 0) is 39.2 Å². The fraction of sp³-hybridized carbons (Fsp3) is 0.583. The summed E-state index contributed by atoms with van der Waals surface area (Å²) in [4.78, 5) is 58.9. The fourth-order valence-electron chi connectivity index (χ4n) is 4.38. The lowest BCUT2D eigenvalue weighted by molar-refractivity contribution is -0.140. The molecule has 34 heavy (non-hydrogen) atoms. The van der Waals surface area contributed by atoms with Crippen LogP contribution < -0.4 is 5.32 Å². The summed E-state index contributed by atoms with van der Waals surface area (Å²) in [5.41, 5.74) is 0.370. The van der Waals surface area contributed by atoms with Crippen LogP contribution in [0.3, 0.4) is 0 Å². The largest absolute Gasteiger partial charge is 0.444 e. The number of amides is 4. The molecule has 10 nitrogen and oxygen atoms in total. The molecule has 3 heterocycles. The lowest BCUT2D eigenvalue weighted by atomic mass is 9.95. The van der Waals surface area contributed by atoms with Gasteiger partial charge in [-0.1, -0.05) is 30.3 Å². The average Bonchev–Trinajstić information content (AvgIpc) is 2.98. The van der Waals surface area contributed by atoms with Crippen molar-refractivity contribution in [1.82, 2.24) is 20.2 Å². The standard InChI is InChI=1S/C24H32N4O6/c1-24(2,3)34-23(32)26-12-17(13-26)20(29)11-25-21(30)19-10-9-18-14-27(19)22(31)28(18)33-15-16-7-5-4-6-8-16/h4-8,17-19H,9-15H2,1-3H3,(H,25,30)/t18-,19+/m1/s1. The number of carbonyl (C=O) groups is 4. The van der Waals surface area contributed by atoms with Gasteiger partial charge in [0.2, 0.25) is 5.91 Å². The summed E-state index contributed by atoms with van der Waals surface area (Å²) in [6.07, 6.45) is 0.720. The van der Waals surface area contributed by atoms with E-state index >= 15 is 0 Å². The van der Waals surface area contributed by atoms with Crippen molar-refractivity contribution in [1.29, 1.82) is 0 Å². The van der Waals surface area contributed by atoms with Crippen molar-refractivity contribution in [2.45, 2.75) is 57.9 Å². The minimum absolute atomic E-state index is 0.0873. The molecule has 0 unspecified atom stereocenters. The van der Waals surface area contributed by atoms with Crippen LogP contribution in [0.5, 0.6) is 0 Å². The molecular weight excluding hydrogens is 440 g/mol. The summed E-state index contributed by atoms with van der Waals surface area (Å²) in [5, 5.41) is 4.06. The molecule has 2 bridgehead atoms. The molecule has 184 valence electrons. The van der Waals surface area contributed by atoms with Crippen molar-refractivity contribution in [3.05, 3.63) is 35.9 Å². The van der Waals surface area contributed by atoms with E-state index in [1.807, 2.05) is 30.3 Å². The van der Waals surface area contributed by atoms with Gasteiger partial charge in [0, 0.05) is 19.6 Å². The topological polar surface area (TPSA) is 108 Å². The zero-order chi connectivity index (χ0) is 24.5. The van der Waals surface area contributed by atoms with E-state index in [0.717, 1.165) is 5.56 Å². The van der Waals surface area contributed by atoms with Crippen molar-refractivity contribution in [2.75, 3.05) is 26.2 Å². The fourth-order valence-corrected chi connectivity index (χ4v) is 4.38. The van der Waals surface area contributed by atoms with Gasteiger partial charge in [-0.15, -0.1) is 0 Å². The van der Waals surface area contributed by atoms with Crippen LogP contribution in [0.15, 0.2) is 30.3 Å². The van der Waals surface area contributed by atoms with E-state index in [2.05, 4.69) is 5.32 Å². The number of hydroxylamine groups is 2. The van der Waals surface area contributed by atoms with Gasteiger partial charge in [0.15, 0.2) is 5.78 Å². The number of urea groups is 1. The quantitative estimate of drug-likeness (QED) is 0.650. The minimum atomic E-state index is -0.624. The molecule has 3 aliphatic rings. The zero-order valence-corrected chi connectivity index (χ0v) is 19.9. The predicted molar refractivity (Wildman–Crippen MR) is 121 cm³/mol. The number of ether oxygens (including phenoxy) is 1. The number of piperidine rings is 1. The van der Waals surface area contributed by atoms with Crippen LogP contribution in [0, 0.1) is 5.92 Å². The Morgan fingerprint density at radius 2 is 1.76 bits per heavy atom. The number of rotatable bonds is 7. The molecule has 0 saturated carbocycles. The number of likely N-dealkylation sites (tertiary alicyclic amines) is 1. The molecule has 4 rings (SSSR count). The number of nitrogens with zero attached hydrogens (tertiary/aromatic N) is 3. The minimum Gasteiger partial charge on any atom is -0.444 e. The normalized spacial score (nSPS) is 22.4. The van der Waals surface area contributed by atoms with Gasteiger partial charge >= 0.3 is 12.1 Å². The molecular formula is C24H32N4O6. The molecule has 3 aliphatic heterocycles. The van der Waals surface area contributed by atoms with Gasteiger partial charge in [-0.2, -0.15) is 5.06 Å². The van der Waals surface area contributed by atoms with Gasteiger partial charge in [0.05, 0.1) is 18.5 Å². The molecule has 3 saturated heterocycles. The van der Waals surface area contributed by atoms with Gasteiger partial charge in [0.1, 0.15) is 18.2 Å². The van der Waals surface area contributed by atoms with Crippen LogP contribution in [-0.4, -0.2) is 82.5 Å². The molecule has 4 amide bonds. The highest BCUT2D eigenvalue weighted by atomic mass is 16.7. The van der Waals surface area contributed by atoms with E-state index in [1.54, 1.807) is 20.8 Å². The van der Waals surface area contributed by atoms with Crippen molar-refractivity contribution in [3.63, 3.8) is 0 Å². The summed E-state index contributed by atoms with van der Waals surface area (Å²) in [6.45, 7) is 6.52. The molecule has 2 atom stereocenters. The third kappa shape index (κ3) is 5.32. The van der Waals surface area contributed by atoms with Crippen LogP contribution in [0.2, 0.25) is 0 Å². The third-order valence-corrected chi connectivity index (χ3v) is 6.26. The van der Waals surface area contributed by atoms with E-state index in [9.17, 15) is 19.2 Å². The Balaban J connectivity index is 1.22. The zero-order valence-electron chi connectivity index (χ0n) is 19.9. The van der Waals surface area contributed by atoms with Crippen LogP contribution >= 0.6 is 0 Å². The second-order valence-corrected chi connectivity index (χ2v) is 10.0. The Morgan fingerprint density at radius 3 is 2.44 bits per heavy atom. The Hall–Kier alpha value is -3.14. The van der Waals surface area contributed by atoms with E-state index in [-0.39, 0.29) is 55.9 Å². The maximum Gasteiger partial charge on any atom is 0.410 e. The highest BCUT2D eigenvalue weighted by Gasteiger charge is 2.48. The molecule has 0 aromatic heterocycles. The number of ketones is 1. The first-order valence-electron chi connectivity index (χ1n) is 11.7. The number of fused-ring (bicyclic) bond motifs is 2. The Morgan fingerprint density at radius 1 is 1.06 bits per heavy atom. The van der Waals surface area contributed by atoms with Gasteiger partial charge < -0.3 is 19.9 Å². The molecule has 0 aliphatic carbocycles. The molecule has 3 fully saturated rings. The average molecular weight is 473 g/mol. The number of Topliss-reactive ketones (excluding diaryl/α,β-unsaturated/α-hetero) is 1. The number of nitrogens with one attached hydrogen (secondary N) is 1. The molecule has 1 N–H and O–H groups in total. The second-order valence-electron chi connectivity index (χ2n) is 10.0. The summed E-state index contributed by atoms with van der Waals surface area (Å²) >= 11 is 0. The first-order chi connectivity index (χ1) is 16.1. The highest BCUT2D eigenvalue weighted by Crippen LogP contribution is 2.30. The molecule has 10 heteroatoms. The van der Waals surface area contributed by atoms with E-state index in [1.165, 1.54) is 14.9 Å². The monoisotopic (exact) mass is 472 g/mol.